The van der Waals surface area contributed by atoms with Crippen molar-refractivity contribution < 1.29 is 19.2 Å². The Morgan fingerprint density at radius 1 is 1.50 bits per heavy atom. The Hall–Kier alpha value is -1.43. The number of hydrogen-bond acceptors (Lipinski definition) is 6. The van der Waals surface area contributed by atoms with E-state index in [0.717, 1.165) is 12.8 Å². The molecule has 1 N–H and O–H groups in total. The van der Waals surface area contributed by atoms with E-state index >= 15 is 0 Å². The van der Waals surface area contributed by atoms with E-state index in [0.29, 0.717) is 18.1 Å². The molecule has 1 fully saturated rings. The van der Waals surface area contributed by atoms with Crippen LogP contribution in [0.2, 0.25) is 0 Å². The summed E-state index contributed by atoms with van der Waals surface area (Å²) in [6.45, 7) is 7.21. The average molecular weight is 282 g/mol. The van der Waals surface area contributed by atoms with Crippen LogP contribution in [0.3, 0.4) is 0 Å². The molecule has 0 aliphatic heterocycles. The van der Waals surface area contributed by atoms with Gasteiger partial charge in [-0.25, -0.2) is 0 Å². The molecule has 0 bridgehead atoms. The summed E-state index contributed by atoms with van der Waals surface area (Å²) < 4.78 is 10.6. The zero-order valence-corrected chi connectivity index (χ0v) is 12.5. The number of aromatic nitrogens is 2. The molecule has 1 unspecified atom stereocenters. The smallest absolute Gasteiger partial charge is 0.307 e. The van der Waals surface area contributed by atoms with Crippen LogP contribution in [0.5, 0.6) is 0 Å². The van der Waals surface area contributed by atoms with Gasteiger partial charge in [-0.2, -0.15) is 4.98 Å². The van der Waals surface area contributed by atoms with E-state index in [1.807, 2.05) is 20.8 Å². The zero-order valence-electron chi connectivity index (χ0n) is 12.5. The Bertz CT molecular complexity index is 484. The molecule has 0 amide bonds. The number of hydrogen-bond donors (Lipinski definition) is 1. The Labute approximate surface area is 118 Å². The summed E-state index contributed by atoms with van der Waals surface area (Å²) in [7, 11) is 0. The molecule has 112 valence electrons. The Morgan fingerprint density at radius 2 is 2.15 bits per heavy atom. The van der Waals surface area contributed by atoms with Crippen molar-refractivity contribution >= 4 is 5.97 Å². The zero-order chi connectivity index (χ0) is 15.0. The van der Waals surface area contributed by atoms with Crippen molar-refractivity contribution in [3.63, 3.8) is 0 Å². The molecule has 0 spiro atoms. The van der Waals surface area contributed by atoms with Crippen LogP contribution in [-0.4, -0.2) is 32.9 Å². The first-order valence-corrected chi connectivity index (χ1v) is 6.93. The summed E-state index contributed by atoms with van der Waals surface area (Å²) in [5.41, 5.74) is -0.842. The van der Waals surface area contributed by atoms with Gasteiger partial charge in [-0.05, 0) is 40.5 Å². The van der Waals surface area contributed by atoms with Crippen molar-refractivity contribution in [1.29, 1.82) is 0 Å². The van der Waals surface area contributed by atoms with Gasteiger partial charge < -0.3 is 14.4 Å². The van der Waals surface area contributed by atoms with Gasteiger partial charge in [-0.1, -0.05) is 5.16 Å². The molecule has 1 aromatic rings. The van der Waals surface area contributed by atoms with Crippen molar-refractivity contribution in [3.8, 4) is 0 Å². The molecule has 1 atom stereocenters. The Kier molecular flexibility index (Phi) is 3.86. The van der Waals surface area contributed by atoms with E-state index in [9.17, 15) is 9.90 Å². The third kappa shape index (κ3) is 3.79. The van der Waals surface area contributed by atoms with Crippen molar-refractivity contribution in [2.75, 3.05) is 0 Å². The molecule has 0 aromatic carbocycles. The molecule has 1 heterocycles. The fourth-order valence-electron chi connectivity index (χ4n) is 2.09. The van der Waals surface area contributed by atoms with Crippen LogP contribution in [-0.2, 0) is 21.4 Å². The predicted molar refractivity (Wildman–Crippen MR) is 71.1 cm³/mol. The maximum atomic E-state index is 11.9. The van der Waals surface area contributed by atoms with Crippen LogP contribution in [0.15, 0.2) is 4.52 Å². The monoisotopic (exact) mass is 282 g/mol. The van der Waals surface area contributed by atoms with Gasteiger partial charge in [0.15, 0.2) is 5.82 Å². The Balaban J connectivity index is 2.00. The first kappa shape index (κ1) is 15.0. The van der Waals surface area contributed by atoms with Crippen LogP contribution in [0, 0.1) is 0 Å². The molecule has 20 heavy (non-hydrogen) atoms. The van der Waals surface area contributed by atoms with Gasteiger partial charge in [0.05, 0.1) is 17.9 Å². The number of carbonyl (C=O) groups is 1. The van der Waals surface area contributed by atoms with Crippen LogP contribution in [0.25, 0.3) is 0 Å². The summed E-state index contributed by atoms with van der Waals surface area (Å²) in [5.74, 6) is 0.717. The standard InChI is InChI=1S/C14H22N2O4/c1-9(17)7-10-15-12(20-16-10)14(5-6-14)8-11(18)19-13(2,3)4/h9,17H,5-8H2,1-4H3. The van der Waals surface area contributed by atoms with Crippen LogP contribution < -0.4 is 0 Å². The minimum Gasteiger partial charge on any atom is -0.460 e. The molecular weight excluding hydrogens is 260 g/mol. The maximum Gasteiger partial charge on any atom is 0.307 e. The molecular formula is C14H22N2O4. The summed E-state index contributed by atoms with van der Waals surface area (Å²) in [5, 5.41) is 13.2. The van der Waals surface area contributed by atoms with Gasteiger partial charge >= 0.3 is 5.97 Å². The lowest BCUT2D eigenvalue weighted by Gasteiger charge is -2.20. The highest BCUT2D eigenvalue weighted by atomic mass is 16.6. The fraction of sp³-hybridized carbons (Fsp3) is 0.786. The lowest BCUT2D eigenvalue weighted by atomic mass is 10.0. The van der Waals surface area contributed by atoms with E-state index in [2.05, 4.69) is 10.1 Å². The molecule has 1 saturated carbocycles. The topological polar surface area (TPSA) is 85.5 Å². The van der Waals surface area contributed by atoms with Gasteiger partial charge in [-0.15, -0.1) is 0 Å². The van der Waals surface area contributed by atoms with E-state index < -0.39 is 11.7 Å². The van der Waals surface area contributed by atoms with Crippen molar-refractivity contribution in [2.24, 2.45) is 0 Å². The molecule has 1 aliphatic carbocycles. The lowest BCUT2D eigenvalue weighted by Crippen LogP contribution is -2.26. The van der Waals surface area contributed by atoms with Crippen molar-refractivity contribution in [1.82, 2.24) is 10.1 Å². The van der Waals surface area contributed by atoms with Crippen molar-refractivity contribution in [2.45, 2.75) is 70.5 Å². The summed E-state index contributed by atoms with van der Waals surface area (Å²) in [6, 6.07) is 0. The number of carbonyl (C=O) groups excluding carboxylic acids is 1. The van der Waals surface area contributed by atoms with Gasteiger partial charge in [-0.3, -0.25) is 4.79 Å². The summed E-state index contributed by atoms with van der Waals surface area (Å²) in [6.07, 6.45) is 1.80. The third-order valence-corrected chi connectivity index (χ3v) is 3.16. The summed E-state index contributed by atoms with van der Waals surface area (Å²) >= 11 is 0. The molecule has 6 heteroatoms. The minimum absolute atomic E-state index is 0.245. The molecule has 2 rings (SSSR count). The third-order valence-electron chi connectivity index (χ3n) is 3.16. The largest absolute Gasteiger partial charge is 0.460 e. The second-order valence-corrected chi connectivity index (χ2v) is 6.61. The number of esters is 1. The second-order valence-electron chi connectivity index (χ2n) is 6.61. The fourth-order valence-corrected chi connectivity index (χ4v) is 2.09. The minimum atomic E-state index is -0.513. The van der Waals surface area contributed by atoms with Crippen molar-refractivity contribution in [3.05, 3.63) is 11.7 Å². The molecule has 0 radical (unpaired) electrons. The highest BCUT2D eigenvalue weighted by Gasteiger charge is 2.51. The number of nitrogens with zero attached hydrogens (tertiary/aromatic N) is 2. The van der Waals surface area contributed by atoms with E-state index in [1.54, 1.807) is 6.92 Å². The number of aliphatic hydroxyl groups is 1. The normalized spacial score (nSPS) is 18.6. The highest BCUT2D eigenvalue weighted by molar-refractivity contribution is 5.72. The lowest BCUT2D eigenvalue weighted by molar-refractivity contribution is -0.155. The predicted octanol–water partition coefficient (Wildman–Crippen LogP) is 1.76. The van der Waals surface area contributed by atoms with E-state index in [-0.39, 0.29) is 17.8 Å². The van der Waals surface area contributed by atoms with Gasteiger partial charge in [0.2, 0.25) is 5.89 Å². The van der Waals surface area contributed by atoms with Crippen LogP contribution >= 0.6 is 0 Å². The maximum absolute atomic E-state index is 11.9. The number of rotatable bonds is 5. The van der Waals surface area contributed by atoms with Gasteiger partial charge in [0.1, 0.15) is 5.60 Å². The average Bonchev–Trinajstić information content (AvgIpc) is 2.85. The molecule has 1 aliphatic rings. The molecule has 0 saturated heterocycles. The number of ether oxygens (including phenoxy) is 1. The number of aliphatic hydroxyl groups excluding tert-OH is 1. The second kappa shape index (κ2) is 5.16. The van der Waals surface area contributed by atoms with Gasteiger partial charge in [0.25, 0.3) is 0 Å². The van der Waals surface area contributed by atoms with E-state index in [1.165, 1.54) is 0 Å². The van der Waals surface area contributed by atoms with E-state index in [4.69, 9.17) is 9.26 Å². The SMILES string of the molecule is CC(O)Cc1noc(C2(CC(=O)OC(C)(C)C)CC2)n1. The quantitative estimate of drug-likeness (QED) is 0.828. The first-order valence-electron chi connectivity index (χ1n) is 6.93. The molecule has 6 nitrogen and oxygen atoms in total. The molecule has 1 aromatic heterocycles. The highest BCUT2D eigenvalue weighted by Crippen LogP contribution is 2.50. The Morgan fingerprint density at radius 3 is 2.65 bits per heavy atom. The summed E-state index contributed by atoms with van der Waals surface area (Å²) in [4.78, 5) is 16.2. The first-order chi connectivity index (χ1) is 9.20. The van der Waals surface area contributed by atoms with Crippen LogP contribution in [0.4, 0.5) is 0 Å². The van der Waals surface area contributed by atoms with Crippen LogP contribution in [0.1, 0.15) is 58.7 Å². The van der Waals surface area contributed by atoms with Gasteiger partial charge in [0, 0.05) is 6.42 Å².